The summed E-state index contributed by atoms with van der Waals surface area (Å²) in [6.07, 6.45) is 2.28. The minimum Gasteiger partial charge on any atom is -0.316 e. The van der Waals surface area contributed by atoms with Gasteiger partial charge in [0.05, 0.1) is 0 Å². The van der Waals surface area contributed by atoms with E-state index in [1.165, 1.54) is 6.07 Å². The molecular formula is C17H28FN. The van der Waals surface area contributed by atoms with Crippen molar-refractivity contribution in [2.45, 2.75) is 46.5 Å². The molecule has 0 aliphatic rings. The Labute approximate surface area is 117 Å². The zero-order valence-electron chi connectivity index (χ0n) is 12.7. The molecule has 0 spiro atoms. The first-order valence-electron chi connectivity index (χ1n) is 7.54. The van der Waals surface area contributed by atoms with Gasteiger partial charge in [0, 0.05) is 6.54 Å². The van der Waals surface area contributed by atoms with Crippen LogP contribution in [0.3, 0.4) is 0 Å². The molecule has 19 heavy (non-hydrogen) atoms. The van der Waals surface area contributed by atoms with Crippen LogP contribution >= 0.6 is 0 Å². The number of halogens is 1. The van der Waals surface area contributed by atoms with Gasteiger partial charge in [0.15, 0.2) is 0 Å². The summed E-state index contributed by atoms with van der Waals surface area (Å²) in [6, 6.07) is 7.10. The Kier molecular flexibility index (Phi) is 7.07. The molecule has 0 heterocycles. The standard InChI is InChI=1S/C17H28FN/c1-5-14(6-2)17(12-19-11-13(3)4)15-8-7-9-16(18)10-15/h7-10,13-14,17,19H,5-6,11-12H2,1-4H3. The molecule has 0 saturated heterocycles. The minimum atomic E-state index is -0.127. The van der Waals surface area contributed by atoms with Crippen molar-refractivity contribution in [3.05, 3.63) is 35.6 Å². The fourth-order valence-electron chi connectivity index (χ4n) is 2.68. The highest BCUT2D eigenvalue weighted by Gasteiger charge is 2.20. The maximum Gasteiger partial charge on any atom is 0.123 e. The van der Waals surface area contributed by atoms with Crippen LogP contribution in [-0.2, 0) is 0 Å². The van der Waals surface area contributed by atoms with Crippen LogP contribution in [0.1, 0.15) is 52.0 Å². The molecule has 0 amide bonds. The van der Waals surface area contributed by atoms with Gasteiger partial charge < -0.3 is 5.32 Å². The Morgan fingerprint density at radius 3 is 2.32 bits per heavy atom. The molecule has 2 heteroatoms. The predicted octanol–water partition coefficient (Wildman–Crippen LogP) is 4.59. The van der Waals surface area contributed by atoms with Gasteiger partial charge in [-0.3, -0.25) is 0 Å². The normalized spacial score (nSPS) is 13.2. The number of rotatable bonds is 8. The maximum absolute atomic E-state index is 13.4. The van der Waals surface area contributed by atoms with Crippen LogP contribution in [0.2, 0.25) is 0 Å². The van der Waals surface area contributed by atoms with E-state index in [1.807, 2.05) is 6.07 Å². The van der Waals surface area contributed by atoms with Crippen molar-refractivity contribution in [3.63, 3.8) is 0 Å². The molecule has 0 aromatic heterocycles. The van der Waals surface area contributed by atoms with E-state index in [-0.39, 0.29) is 5.82 Å². The fraction of sp³-hybridized carbons (Fsp3) is 0.647. The van der Waals surface area contributed by atoms with Gasteiger partial charge in [0.25, 0.3) is 0 Å². The van der Waals surface area contributed by atoms with Crippen LogP contribution in [0.25, 0.3) is 0 Å². The van der Waals surface area contributed by atoms with E-state index in [0.717, 1.165) is 31.5 Å². The van der Waals surface area contributed by atoms with Crippen LogP contribution < -0.4 is 5.32 Å². The lowest BCUT2D eigenvalue weighted by molar-refractivity contribution is 0.372. The molecule has 0 aliphatic carbocycles. The summed E-state index contributed by atoms with van der Waals surface area (Å²) in [5.41, 5.74) is 1.13. The van der Waals surface area contributed by atoms with E-state index in [0.29, 0.717) is 17.8 Å². The van der Waals surface area contributed by atoms with Crippen molar-refractivity contribution in [1.82, 2.24) is 5.32 Å². The lowest BCUT2D eigenvalue weighted by Crippen LogP contribution is -2.29. The summed E-state index contributed by atoms with van der Waals surface area (Å²) < 4.78 is 13.4. The second-order valence-electron chi connectivity index (χ2n) is 5.79. The predicted molar refractivity (Wildman–Crippen MR) is 80.9 cm³/mol. The molecule has 1 aromatic carbocycles. The first-order valence-corrected chi connectivity index (χ1v) is 7.54. The van der Waals surface area contributed by atoms with E-state index in [2.05, 4.69) is 39.1 Å². The summed E-state index contributed by atoms with van der Waals surface area (Å²) in [7, 11) is 0. The van der Waals surface area contributed by atoms with Gasteiger partial charge in [0.2, 0.25) is 0 Å². The van der Waals surface area contributed by atoms with Crippen molar-refractivity contribution in [1.29, 1.82) is 0 Å². The first-order chi connectivity index (χ1) is 9.08. The Hall–Kier alpha value is -0.890. The van der Waals surface area contributed by atoms with Gasteiger partial charge in [-0.1, -0.05) is 52.7 Å². The minimum absolute atomic E-state index is 0.127. The summed E-state index contributed by atoms with van der Waals surface area (Å²) in [5.74, 6) is 1.54. The molecule has 1 unspecified atom stereocenters. The largest absolute Gasteiger partial charge is 0.316 e. The van der Waals surface area contributed by atoms with Gasteiger partial charge in [-0.05, 0) is 42.0 Å². The van der Waals surface area contributed by atoms with Gasteiger partial charge in [0.1, 0.15) is 5.82 Å². The van der Waals surface area contributed by atoms with E-state index in [9.17, 15) is 4.39 Å². The van der Waals surface area contributed by atoms with Crippen molar-refractivity contribution in [2.75, 3.05) is 13.1 Å². The Morgan fingerprint density at radius 2 is 1.79 bits per heavy atom. The van der Waals surface area contributed by atoms with Crippen molar-refractivity contribution >= 4 is 0 Å². The van der Waals surface area contributed by atoms with Crippen LogP contribution in [0.4, 0.5) is 4.39 Å². The second-order valence-corrected chi connectivity index (χ2v) is 5.79. The molecule has 1 aromatic rings. The summed E-state index contributed by atoms with van der Waals surface area (Å²) in [5, 5.41) is 3.53. The highest BCUT2D eigenvalue weighted by molar-refractivity contribution is 5.22. The van der Waals surface area contributed by atoms with E-state index >= 15 is 0 Å². The van der Waals surface area contributed by atoms with Crippen molar-refractivity contribution in [2.24, 2.45) is 11.8 Å². The highest BCUT2D eigenvalue weighted by Crippen LogP contribution is 2.29. The second kappa shape index (κ2) is 8.31. The number of hydrogen-bond acceptors (Lipinski definition) is 1. The molecule has 1 atom stereocenters. The third kappa shape index (κ3) is 5.32. The molecule has 0 fully saturated rings. The Balaban J connectivity index is 2.79. The van der Waals surface area contributed by atoms with Gasteiger partial charge in [-0.25, -0.2) is 4.39 Å². The number of benzene rings is 1. The Morgan fingerprint density at radius 1 is 1.11 bits per heavy atom. The summed E-state index contributed by atoms with van der Waals surface area (Å²) in [6.45, 7) is 10.8. The molecule has 1 rings (SSSR count). The van der Waals surface area contributed by atoms with Crippen LogP contribution in [0.5, 0.6) is 0 Å². The molecule has 0 bridgehead atoms. The average molecular weight is 265 g/mol. The molecule has 1 nitrogen and oxygen atoms in total. The number of nitrogens with one attached hydrogen (secondary N) is 1. The lowest BCUT2D eigenvalue weighted by atomic mass is 9.82. The van der Waals surface area contributed by atoms with Gasteiger partial charge in [-0.2, -0.15) is 0 Å². The van der Waals surface area contributed by atoms with E-state index < -0.39 is 0 Å². The zero-order chi connectivity index (χ0) is 14.3. The average Bonchev–Trinajstić information content (AvgIpc) is 2.38. The van der Waals surface area contributed by atoms with Crippen LogP contribution in [0, 0.1) is 17.7 Å². The van der Waals surface area contributed by atoms with Gasteiger partial charge >= 0.3 is 0 Å². The molecule has 108 valence electrons. The lowest BCUT2D eigenvalue weighted by Gasteiger charge is -2.26. The third-order valence-electron chi connectivity index (χ3n) is 3.81. The smallest absolute Gasteiger partial charge is 0.123 e. The van der Waals surface area contributed by atoms with Crippen molar-refractivity contribution in [3.8, 4) is 0 Å². The SMILES string of the molecule is CCC(CC)C(CNCC(C)C)c1cccc(F)c1. The fourth-order valence-corrected chi connectivity index (χ4v) is 2.68. The molecule has 1 N–H and O–H groups in total. The third-order valence-corrected chi connectivity index (χ3v) is 3.81. The summed E-state index contributed by atoms with van der Waals surface area (Å²) in [4.78, 5) is 0. The topological polar surface area (TPSA) is 12.0 Å². The maximum atomic E-state index is 13.4. The highest BCUT2D eigenvalue weighted by atomic mass is 19.1. The monoisotopic (exact) mass is 265 g/mol. The molecular weight excluding hydrogens is 237 g/mol. The Bertz CT molecular complexity index is 358. The van der Waals surface area contributed by atoms with E-state index in [1.54, 1.807) is 6.07 Å². The van der Waals surface area contributed by atoms with Gasteiger partial charge in [-0.15, -0.1) is 0 Å². The van der Waals surface area contributed by atoms with Crippen LogP contribution in [0.15, 0.2) is 24.3 Å². The first kappa shape index (κ1) is 16.2. The van der Waals surface area contributed by atoms with E-state index in [4.69, 9.17) is 0 Å². The molecule has 0 radical (unpaired) electrons. The quantitative estimate of drug-likeness (QED) is 0.725. The van der Waals surface area contributed by atoms with Crippen LogP contribution in [-0.4, -0.2) is 13.1 Å². The zero-order valence-corrected chi connectivity index (χ0v) is 12.7. The molecule has 0 saturated carbocycles. The molecule has 0 aliphatic heterocycles. The van der Waals surface area contributed by atoms with Crippen molar-refractivity contribution < 1.29 is 4.39 Å². The number of hydrogen-bond donors (Lipinski definition) is 1. The summed E-state index contributed by atoms with van der Waals surface area (Å²) >= 11 is 0.